The highest BCUT2D eigenvalue weighted by Crippen LogP contribution is 2.22. The van der Waals surface area contributed by atoms with E-state index in [0.29, 0.717) is 20.7 Å². The van der Waals surface area contributed by atoms with Crippen LogP contribution in [0, 0.1) is 0 Å². The lowest BCUT2D eigenvalue weighted by atomic mass is 10.1. The molecule has 2 aromatic rings. The molecule has 0 spiro atoms. The Bertz CT molecular complexity index is 688. The minimum Gasteiger partial charge on any atom is -0.478 e. The number of hydrogen-bond donors (Lipinski definition) is 2. The molecule has 0 bridgehead atoms. The fourth-order valence-electron chi connectivity index (χ4n) is 1.60. The molecule has 4 nitrogen and oxygen atoms in total. The molecule has 2 N–H and O–H groups in total. The zero-order chi connectivity index (χ0) is 14.7. The van der Waals surface area contributed by atoms with Crippen LogP contribution in [0.25, 0.3) is 0 Å². The quantitative estimate of drug-likeness (QED) is 0.874. The number of carboxylic acids is 1. The van der Waals surface area contributed by atoms with Crippen LogP contribution in [0.1, 0.15) is 20.7 Å². The molecule has 0 radical (unpaired) electrons. The Morgan fingerprint density at radius 1 is 1.15 bits per heavy atom. The zero-order valence-electron chi connectivity index (χ0n) is 10.1. The van der Waals surface area contributed by atoms with E-state index in [1.54, 1.807) is 30.3 Å². The van der Waals surface area contributed by atoms with Gasteiger partial charge in [0.1, 0.15) is 0 Å². The number of anilines is 1. The van der Waals surface area contributed by atoms with Crippen LogP contribution in [-0.4, -0.2) is 17.0 Å². The summed E-state index contributed by atoms with van der Waals surface area (Å²) in [4.78, 5) is 23.0. The fourth-order valence-corrected chi connectivity index (χ4v) is 2.46. The van der Waals surface area contributed by atoms with Crippen LogP contribution in [0.3, 0.4) is 0 Å². The van der Waals surface area contributed by atoms with E-state index in [4.69, 9.17) is 16.7 Å². The Hall–Kier alpha value is -1.85. The van der Waals surface area contributed by atoms with Gasteiger partial charge in [-0.25, -0.2) is 4.79 Å². The van der Waals surface area contributed by atoms with Gasteiger partial charge in [-0.15, -0.1) is 0 Å². The van der Waals surface area contributed by atoms with E-state index in [1.165, 1.54) is 12.1 Å². The van der Waals surface area contributed by atoms with Gasteiger partial charge in [-0.2, -0.15) is 0 Å². The minimum absolute atomic E-state index is 0.109. The molecule has 0 atom stereocenters. The first-order valence-corrected chi connectivity index (χ1v) is 6.74. The number of amides is 1. The Kier molecular flexibility index (Phi) is 4.42. The predicted octanol–water partition coefficient (Wildman–Crippen LogP) is 4.05. The SMILES string of the molecule is O=C(O)c1cccc(NC(=O)c2ccc(Cl)cc2Br)c1. The topological polar surface area (TPSA) is 66.4 Å². The third-order valence-electron chi connectivity index (χ3n) is 2.54. The molecule has 0 aliphatic carbocycles. The third-order valence-corrected chi connectivity index (χ3v) is 3.43. The molecule has 0 saturated carbocycles. The molecule has 0 saturated heterocycles. The molecule has 0 fully saturated rings. The van der Waals surface area contributed by atoms with Gasteiger partial charge in [0.15, 0.2) is 0 Å². The molecule has 0 aromatic heterocycles. The molecular formula is C14H9BrClNO3. The van der Waals surface area contributed by atoms with Crippen molar-refractivity contribution in [1.82, 2.24) is 0 Å². The summed E-state index contributed by atoms with van der Waals surface area (Å²) in [5, 5.41) is 12.1. The van der Waals surface area contributed by atoms with Crippen molar-refractivity contribution in [3.05, 3.63) is 63.1 Å². The van der Waals surface area contributed by atoms with Gasteiger partial charge in [-0.05, 0) is 52.3 Å². The van der Waals surface area contributed by atoms with Gasteiger partial charge in [-0.3, -0.25) is 4.79 Å². The normalized spacial score (nSPS) is 10.1. The number of carboxylic acid groups (broad SMARTS) is 1. The standard InChI is InChI=1S/C14H9BrClNO3/c15-12-7-9(16)4-5-11(12)13(18)17-10-3-1-2-8(6-10)14(19)20/h1-7H,(H,17,18)(H,19,20). The molecule has 1 amide bonds. The number of carbonyl (C=O) groups is 2. The monoisotopic (exact) mass is 353 g/mol. The summed E-state index contributed by atoms with van der Waals surface area (Å²) in [5.74, 6) is -1.40. The van der Waals surface area contributed by atoms with Crippen molar-refractivity contribution in [2.75, 3.05) is 5.32 Å². The maximum atomic E-state index is 12.1. The van der Waals surface area contributed by atoms with E-state index in [-0.39, 0.29) is 11.5 Å². The van der Waals surface area contributed by atoms with Gasteiger partial charge in [0.25, 0.3) is 5.91 Å². The van der Waals surface area contributed by atoms with Crippen LogP contribution >= 0.6 is 27.5 Å². The summed E-state index contributed by atoms with van der Waals surface area (Å²) >= 11 is 9.07. The summed E-state index contributed by atoms with van der Waals surface area (Å²) in [7, 11) is 0. The van der Waals surface area contributed by atoms with Crippen LogP contribution in [0.4, 0.5) is 5.69 Å². The molecule has 0 aliphatic rings. The molecule has 20 heavy (non-hydrogen) atoms. The Labute approximate surface area is 128 Å². The molecule has 0 heterocycles. The molecule has 0 aliphatic heterocycles. The minimum atomic E-state index is -1.05. The highest BCUT2D eigenvalue weighted by Gasteiger charge is 2.11. The summed E-state index contributed by atoms with van der Waals surface area (Å²) in [6.07, 6.45) is 0. The van der Waals surface area contributed by atoms with Crippen LogP contribution in [0.15, 0.2) is 46.9 Å². The fraction of sp³-hybridized carbons (Fsp3) is 0. The predicted molar refractivity (Wildman–Crippen MR) is 80.5 cm³/mol. The number of aromatic carboxylic acids is 1. The van der Waals surface area contributed by atoms with Gasteiger partial charge in [-0.1, -0.05) is 17.7 Å². The van der Waals surface area contributed by atoms with E-state index < -0.39 is 5.97 Å². The maximum absolute atomic E-state index is 12.1. The number of halogens is 2. The second-order valence-electron chi connectivity index (χ2n) is 3.96. The van der Waals surface area contributed by atoms with Gasteiger partial charge >= 0.3 is 5.97 Å². The molecule has 0 unspecified atom stereocenters. The number of benzene rings is 2. The van der Waals surface area contributed by atoms with Crippen LogP contribution in [0.5, 0.6) is 0 Å². The average Bonchev–Trinajstić information content (AvgIpc) is 2.38. The van der Waals surface area contributed by atoms with Crippen molar-refractivity contribution in [3.63, 3.8) is 0 Å². The Balaban J connectivity index is 2.23. The largest absolute Gasteiger partial charge is 0.478 e. The molecule has 2 rings (SSSR count). The third kappa shape index (κ3) is 3.37. The number of nitrogens with one attached hydrogen (secondary N) is 1. The lowest BCUT2D eigenvalue weighted by molar-refractivity contribution is 0.0696. The number of hydrogen-bond acceptors (Lipinski definition) is 2. The highest BCUT2D eigenvalue weighted by atomic mass is 79.9. The Morgan fingerprint density at radius 2 is 1.90 bits per heavy atom. The van der Waals surface area contributed by atoms with Crippen molar-refractivity contribution in [1.29, 1.82) is 0 Å². The van der Waals surface area contributed by atoms with Crippen molar-refractivity contribution in [2.24, 2.45) is 0 Å². The molecule has 102 valence electrons. The molecule has 6 heteroatoms. The lowest BCUT2D eigenvalue weighted by Gasteiger charge is -2.08. The smallest absolute Gasteiger partial charge is 0.335 e. The summed E-state index contributed by atoms with van der Waals surface area (Å²) in [6.45, 7) is 0. The van der Waals surface area contributed by atoms with Gasteiger partial charge in [0.05, 0.1) is 11.1 Å². The summed E-state index contributed by atoms with van der Waals surface area (Å²) < 4.78 is 0.567. The number of rotatable bonds is 3. The second-order valence-corrected chi connectivity index (χ2v) is 5.26. The van der Waals surface area contributed by atoms with Gasteiger partial charge < -0.3 is 10.4 Å². The summed E-state index contributed by atoms with van der Waals surface area (Å²) in [6, 6.07) is 10.8. The van der Waals surface area contributed by atoms with Crippen molar-refractivity contribution >= 4 is 45.1 Å². The van der Waals surface area contributed by atoms with Crippen LogP contribution in [-0.2, 0) is 0 Å². The number of carbonyl (C=O) groups excluding carboxylic acids is 1. The van der Waals surface area contributed by atoms with E-state index in [9.17, 15) is 9.59 Å². The molecule has 2 aromatic carbocycles. The zero-order valence-corrected chi connectivity index (χ0v) is 12.4. The first-order chi connectivity index (χ1) is 9.47. The van der Waals surface area contributed by atoms with E-state index in [2.05, 4.69) is 21.2 Å². The van der Waals surface area contributed by atoms with Crippen LogP contribution in [0.2, 0.25) is 5.02 Å². The first kappa shape index (κ1) is 14.6. The second kappa shape index (κ2) is 6.07. The Morgan fingerprint density at radius 3 is 2.55 bits per heavy atom. The first-order valence-electron chi connectivity index (χ1n) is 5.57. The maximum Gasteiger partial charge on any atom is 0.335 e. The van der Waals surface area contributed by atoms with E-state index >= 15 is 0 Å². The lowest BCUT2D eigenvalue weighted by Crippen LogP contribution is -2.13. The average molecular weight is 355 g/mol. The van der Waals surface area contributed by atoms with Crippen molar-refractivity contribution in [3.8, 4) is 0 Å². The molecular weight excluding hydrogens is 346 g/mol. The van der Waals surface area contributed by atoms with E-state index in [0.717, 1.165) is 0 Å². The highest BCUT2D eigenvalue weighted by molar-refractivity contribution is 9.10. The summed E-state index contributed by atoms with van der Waals surface area (Å²) in [5.41, 5.74) is 0.935. The van der Waals surface area contributed by atoms with Crippen molar-refractivity contribution in [2.45, 2.75) is 0 Å². The van der Waals surface area contributed by atoms with Crippen LogP contribution < -0.4 is 5.32 Å². The van der Waals surface area contributed by atoms with Gasteiger partial charge in [0.2, 0.25) is 0 Å². The van der Waals surface area contributed by atoms with E-state index in [1.807, 2.05) is 0 Å². The van der Waals surface area contributed by atoms with Crippen molar-refractivity contribution < 1.29 is 14.7 Å². The van der Waals surface area contributed by atoms with Gasteiger partial charge in [0, 0.05) is 15.2 Å².